The molecule has 1 unspecified atom stereocenters. The summed E-state index contributed by atoms with van der Waals surface area (Å²) in [6.45, 7) is 4.12. The molecule has 0 spiro atoms. The molecule has 0 radical (unpaired) electrons. The molecule has 1 atom stereocenters. The van der Waals surface area contributed by atoms with Gasteiger partial charge in [-0.1, -0.05) is 12.1 Å². The van der Waals surface area contributed by atoms with E-state index in [1.165, 1.54) is 12.1 Å². The van der Waals surface area contributed by atoms with Crippen LogP contribution in [0.15, 0.2) is 35.5 Å². The van der Waals surface area contributed by atoms with Crippen LogP contribution in [-0.4, -0.2) is 58.9 Å². The molecule has 1 aliphatic rings. The van der Waals surface area contributed by atoms with Crippen molar-refractivity contribution in [1.29, 1.82) is 0 Å². The van der Waals surface area contributed by atoms with E-state index in [0.29, 0.717) is 11.3 Å². The van der Waals surface area contributed by atoms with Gasteiger partial charge in [0.2, 0.25) is 0 Å². The van der Waals surface area contributed by atoms with E-state index >= 15 is 0 Å². The van der Waals surface area contributed by atoms with Gasteiger partial charge in [-0.2, -0.15) is 0 Å². The van der Waals surface area contributed by atoms with Gasteiger partial charge in [0.15, 0.2) is 5.11 Å². The summed E-state index contributed by atoms with van der Waals surface area (Å²) >= 11 is 5.11. The predicted molar refractivity (Wildman–Crippen MR) is 119 cm³/mol. The lowest BCUT2D eigenvalue weighted by molar-refractivity contribution is -0.384. The Morgan fingerprint density at radius 3 is 2.64 bits per heavy atom. The number of benzene rings is 1. The second kappa shape index (κ2) is 11.8. The Hall–Kier alpha value is -3.74. The van der Waals surface area contributed by atoms with Crippen LogP contribution in [0, 0.1) is 10.1 Å². The van der Waals surface area contributed by atoms with E-state index in [9.17, 15) is 24.5 Å². The van der Waals surface area contributed by atoms with Crippen molar-refractivity contribution < 1.29 is 33.6 Å². The van der Waals surface area contributed by atoms with Crippen molar-refractivity contribution in [3.05, 3.63) is 51.2 Å². The van der Waals surface area contributed by atoms with Crippen LogP contribution in [0.5, 0.6) is 0 Å². The van der Waals surface area contributed by atoms with Crippen LogP contribution < -0.4 is 10.6 Å². The maximum Gasteiger partial charge on any atom is 0.443 e. The average Bonchev–Trinajstić information content (AvgIpc) is 2.75. The Morgan fingerprint density at radius 2 is 2.00 bits per heavy atom. The van der Waals surface area contributed by atoms with Gasteiger partial charge >= 0.3 is 18.0 Å². The molecule has 1 aromatic carbocycles. The van der Waals surface area contributed by atoms with E-state index in [2.05, 4.69) is 10.6 Å². The SMILES string of the molecule is CCN(OC(C)=O)C(=O)OCC1NC(=S)NC(C)=C1C(=O)OCCc1cccc([N+](=O)[O-])c1. The van der Waals surface area contributed by atoms with Crippen molar-refractivity contribution in [3.8, 4) is 0 Å². The third-order valence-electron chi connectivity index (χ3n) is 4.43. The minimum Gasteiger partial charge on any atom is -0.462 e. The highest BCUT2D eigenvalue weighted by Crippen LogP contribution is 2.17. The van der Waals surface area contributed by atoms with Gasteiger partial charge in [-0.05, 0) is 31.6 Å². The lowest BCUT2D eigenvalue weighted by Crippen LogP contribution is -2.52. The first-order valence-electron chi connectivity index (χ1n) is 9.94. The number of rotatable bonds is 8. The number of amides is 1. The topological polar surface area (TPSA) is 149 Å². The lowest BCUT2D eigenvalue weighted by atomic mass is 10.0. The molecule has 0 saturated heterocycles. The number of allylic oxidation sites excluding steroid dienone is 1. The Bertz CT molecular complexity index is 981. The fraction of sp³-hybridized carbons (Fsp3) is 0.400. The minimum atomic E-state index is -0.907. The van der Waals surface area contributed by atoms with Crippen LogP contribution in [0.1, 0.15) is 26.3 Å². The number of hydrogen-bond donors (Lipinski definition) is 2. The summed E-state index contributed by atoms with van der Waals surface area (Å²) < 4.78 is 10.5. The number of hydrogen-bond acceptors (Lipinski definition) is 9. The molecule has 0 bridgehead atoms. The summed E-state index contributed by atoms with van der Waals surface area (Å²) in [5, 5.41) is 17.5. The van der Waals surface area contributed by atoms with Crippen LogP contribution in [0.3, 0.4) is 0 Å². The molecule has 13 heteroatoms. The molecule has 1 aliphatic heterocycles. The largest absolute Gasteiger partial charge is 0.462 e. The molecule has 0 aromatic heterocycles. The zero-order valence-electron chi connectivity index (χ0n) is 18.3. The van der Waals surface area contributed by atoms with Gasteiger partial charge in [0.1, 0.15) is 6.61 Å². The van der Waals surface area contributed by atoms with Crippen LogP contribution in [-0.2, 0) is 30.3 Å². The van der Waals surface area contributed by atoms with Crippen molar-refractivity contribution >= 4 is 41.0 Å². The number of ether oxygens (including phenoxy) is 2. The molecule has 33 heavy (non-hydrogen) atoms. The highest BCUT2D eigenvalue weighted by atomic mass is 32.1. The molecule has 2 rings (SSSR count). The molecule has 12 nitrogen and oxygen atoms in total. The highest BCUT2D eigenvalue weighted by molar-refractivity contribution is 7.80. The summed E-state index contributed by atoms with van der Waals surface area (Å²) in [4.78, 5) is 51.1. The maximum atomic E-state index is 12.7. The Balaban J connectivity index is 2.01. The predicted octanol–water partition coefficient (Wildman–Crippen LogP) is 1.74. The van der Waals surface area contributed by atoms with Gasteiger partial charge < -0.3 is 24.9 Å². The van der Waals surface area contributed by atoms with E-state index in [1.807, 2.05) is 0 Å². The van der Waals surface area contributed by atoms with Crippen LogP contribution >= 0.6 is 12.2 Å². The molecule has 2 N–H and O–H groups in total. The molecule has 0 saturated carbocycles. The highest BCUT2D eigenvalue weighted by Gasteiger charge is 2.31. The number of nitro benzene ring substituents is 1. The normalized spacial score (nSPS) is 15.1. The van der Waals surface area contributed by atoms with Gasteiger partial charge in [0, 0.05) is 31.2 Å². The molecular formula is C20H24N4O8S. The number of carbonyl (C=O) groups excluding carboxylic acids is 3. The zero-order chi connectivity index (χ0) is 24.5. The molecule has 178 valence electrons. The molecule has 0 aliphatic carbocycles. The zero-order valence-corrected chi connectivity index (χ0v) is 19.1. The summed E-state index contributed by atoms with van der Waals surface area (Å²) in [5.41, 5.74) is 1.18. The number of nitrogens with zero attached hydrogens (tertiary/aromatic N) is 2. The summed E-state index contributed by atoms with van der Waals surface area (Å²) in [7, 11) is 0. The molecular weight excluding hydrogens is 456 g/mol. The fourth-order valence-electron chi connectivity index (χ4n) is 2.96. The van der Waals surface area contributed by atoms with Crippen molar-refractivity contribution in [1.82, 2.24) is 15.7 Å². The van der Waals surface area contributed by atoms with E-state index < -0.39 is 29.0 Å². The van der Waals surface area contributed by atoms with Gasteiger partial charge in [-0.25, -0.2) is 9.59 Å². The van der Waals surface area contributed by atoms with Crippen LogP contribution in [0.25, 0.3) is 0 Å². The number of nitro groups is 1. The van der Waals surface area contributed by atoms with Crippen LogP contribution in [0.4, 0.5) is 10.5 Å². The number of non-ortho nitro benzene ring substituents is 1. The number of carbonyl (C=O) groups is 3. The summed E-state index contributed by atoms with van der Waals surface area (Å²) in [5.74, 6) is -1.35. The maximum absolute atomic E-state index is 12.7. The van der Waals surface area contributed by atoms with E-state index in [4.69, 9.17) is 26.5 Å². The number of esters is 1. The Labute approximate surface area is 194 Å². The number of thiocarbonyl (C=S) groups is 1. The van der Waals surface area contributed by atoms with Gasteiger partial charge in [-0.15, -0.1) is 5.06 Å². The molecule has 1 heterocycles. The molecule has 1 amide bonds. The van der Waals surface area contributed by atoms with Gasteiger partial charge in [0.25, 0.3) is 5.69 Å². The van der Waals surface area contributed by atoms with Crippen molar-refractivity contribution in [2.45, 2.75) is 33.2 Å². The quantitative estimate of drug-likeness (QED) is 0.242. The first-order chi connectivity index (χ1) is 15.6. The van der Waals surface area contributed by atoms with Crippen molar-refractivity contribution in [3.63, 3.8) is 0 Å². The van der Waals surface area contributed by atoms with Gasteiger partial charge in [-0.3, -0.25) is 14.9 Å². The third-order valence-corrected chi connectivity index (χ3v) is 4.65. The van der Waals surface area contributed by atoms with E-state index in [0.717, 1.165) is 12.0 Å². The van der Waals surface area contributed by atoms with Crippen molar-refractivity contribution in [2.75, 3.05) is 19.8 Å². The first kappa shape index (κ1) is 25.5. The van der Waals surface area contributed by atoms with Gasteiger partial charge in [0.05, 0.1) is 29.7 Å². The molecule has 0 fully saturated rings. The lowest BCUT2D eigenvalue weighted by Gasteiger charge is -2.29. The van der Waals surface area contributed by atoms with E-state index in [-0.39, 0.29) is 42.6 Å². The van der Waals surface area contributed by atoms with Crippen molar-refractivity contribution in [2.24, 2.45) is 0 Å². The third kappa shape index (κ3) is 7.42. The second-order valence-corrected chi connectivity index (χ2v) is 7.27. The average molecular weight is 480 g/mol. The van der Waals surface area contributed by atoms with E-state index in [1.54, 1.807) is 26.0 Å². The monoisotopic (exact) mass is 480 g/mol. The Kier molecular flexibility index (Phi) is 9.09. The minimum absolute atomic E-state index is 0.0240. The molecule has 1 aromatic rings. The standard InChI is InChI=1S/C20H24N4O8S/c1-4-23(32-13(3)25)20(27)31-11-16-17(12(2)21-19(33)22-16)18(26)30-9-8-14-6-5-7-15(10-14)24(28)29/h5-7,10,16H,4,8-9,11H2,1-3H3,(H2,21,22,33). The fourth-order valence-corrected chi connectivity index (χ4v) is 3.26. The smallest absolute Gasteiger partial charge is 0.443 e. The summed E-state index contributed by atoms with van der Waals surface area (Å²) in [6, 6.07) is 5.23. The first-order valence-corrected chi connectivity index (χ1v) is 10.3. The second-order valence-electron chi connectivity index (χ2n) is 6.86. The Morgan fingerprint density at radius 1 is 1.27 bits per heavy atom. The summed E-state index contributed by atoms with van der Waals surface area (Å²) in [6.07, 6.45) is -0.637. The van der Waals surface area contributed by atoms with Crippen LogP contribution in [0.2, 0.25) is 0 Å². The number of nitrogens with one attached hydrogen (secondary N) is 2. The number of hydroxylamine groups is 2.